The Balaban J connectivity index is 1.33. The molecule has 2 aromatic carbocycles. The number of carbonyl (C=O) groups is 1. The summed E-state index contributed by atoms with van der Waals surface area (Å²) in [6.07, 6.45) is 2.57. The van der Waals surface area contributed by atoms with Gasteiger partial charge in [-0.3, -0.25) is 0 Å². The van der Waals surface area contributed by atoms with E-state index in [1.54, 1.807) is 47.7 Å². The highest BCUT2D eigenvalue weighted by atomic mass is 32.1. The van der Waals surface area contributed by atoms with Gasteiger partial charge in [0.25, 0.3) is 0 Å². The highest BCUT2D eigenvalue weighted by Crippen LogP contribution is 2.30. The predicted octanol–water partition coefficient (Wildman–Crippen LogP) is 4.84. The fourth-order valence-electron chi connectivity index (χ4n) is 3.84. The zero-order chi connectivity index (χ0) is 21.4. The second-order valence-electron chi connectivity index (χ2n) is 7.42. The summed E-state index contributed by atoms with van der Waals surface area (Å²) in [5.41, 5.74) is 3.16. The van der Waals surface area contributed by atoms with Gasteiger partial charge in [0.2, 0.25) is 0 Å². The zero-order valence-corrected chi connectivity index (χ0v) is 17.7. The molecule has 0 unspecified atom stereocenters. The molecule has 0 saturated heterocycles. The van der Waals surface area contributed by atoms with Crippen molar-refractivity contribution < 1.29 is 18.7 Å². The van der Waals surface area contributed by atoms with E-state index >= 15 is 0 Å². The first kappa shape index (κ1) is 19.5. The molecule has 0 aliphatic heterocycles. The van der Waals surface area contributed by atoms with Crippen LogP contribution in [0.2, 0.25) is 0 Å². The third-order valence-electron chi connectivity index (χ3n) is 5.28. The third-order valence-corrected chi connectivity index (χ3v) is 6.10. The van der Waals surface area contributed by atoms with Crippen LogP contribution in [0.5, 0.6) is 11.5 Å². The number of carbonyl (C=O) groups excluding carboxylic acids is 1. The van der Waals surface area contributed by atoms with Gasteiger partial charge in [-0.05, 0) is 62.1 Å². The lowest BCUT2D eigenvalue weighted by atomic mass is 10.1. The number of thiazole rings is 1. The number of aromatic nitrogens is 1. The van der Waals surface area contributed by atoms with Crippen molar-refractivity contribution in [3.05, 3.63) is 85.7 Å². The Morgan fingerprint density at radius 2 is 2.00 bits per heavy atom. The van der Waals surface area contributed by atoms with E-state index in [1.165, 1.54) is 0 Å². The molecule has 0 atom stereocenters. The molecule has 0 N–H and O–H groups in total. The fraction of sp³-hybridized carbons (Fsp3) is 0.208. The van der Waals surface area contributed by atoms with Crippen LogP contribution in [0.1, 0.15) is 38.6 Å². The van der Waals surface area contributed by atoms with Crippen molar-refractivity contribution in [1.82, 2.24) is 4.98 Å². The molecule has 0 bridgehead atoms. The molecule has 1 aliphatic rings. The summed E-state index contributed by atoms with van der Waals surface area (Å²) in [5, 5.41) is 3.83. The Kier molecular flexibility index (Phi) is 5.03. The van der Waals surface area contributed by atoms with Crippen LogP contribution < -0.4 is 15.1 Å². The van der Waals surface area contributed by atoms with Crippen LogP contribution >= 0.6 is 11.3 Å². The molecule has 2 aromatic heterocycles. The number of hydrogen-bond acceptors (Lipinski definition) is 7. The van der Waals surface area contributed by atoms with Crippen molar-refractivity contribution in [3.8, 4) is 11.5 Å². The lowest BCUT2D eigenvalue weighted by Crippen LogP contribution is -2.09. The molecule has 0 amide bonds. The van der Waals surface area contributed by atoms with Gasteiger partial charge < -0.3 is 13.9 Å². The van der Waals surface area contributed by atoms with Crippen LogP contribution in [0.4, 0.5) is 0 Å². The smallest absolute Gasteiger partial charge is 0.343 e. The summed E-state index contributed by atoms with van der Waals surface area (Å²) in [5.74, 6) is 0.362. The minimum Gasteiger partial charge on any atom is -0.487 e. The molecular formula is C24H19NO5S. The maximum absolute atomic E-state index is 12.7. The maximum Gasteiger partial charge on any atom is 0.343 e. The number of hydrogen-bond donors (Lipinski definition) is 0. The van der Waals surface area contributed by atoms with Crippen molar-refractivity contribution >= 4 is 28.3 Å². The molecule has 0 radical (unpaired) electrons. The van der Waals surface area contributed by atoms with Crippen LogP contribution in [0.15, 0.2) is 57.1 Å². The monoisotopic (exact) mass is 433 g/mol. The van der Waals surface area contributed by atoms with Gasteiger partial charge in [0, 0.05) is 22.4 Å². The summed E-state index contributed by atoms with van der Waals surface area (Å²) in [7, 11) is 0. The summed E-state index contributed by atoms with van der Waals surface area (Å²) < 4.78 is 16.7. The third kappa shape index (κ3) is 3.96. The molecule has 1 aliphatic carbocycles. The Bertz CT molecular complexity index is 1350. The molecular weight excluding hydrogens is 414 g/mol. The molecule has 31 heavy (non-hydrogen) atoms. The van der Waals surface area contributed by atoms with Crippen molar-refractivity contribution in [1.29, 1.82) is 0 Å². The van der Waals surface area contributed by atoms with E-state index < -0.39 is 5.97 Å². The molecule has 0 spiro atoms. The lowest BCUT2D eigenvalue weighted by molar-refractivity contribution is 0.0734. The molecule has 0 fully saturated rings. The van der Waals surface area contributed by atoms with Gasteiger partial charge in [-0.25, -0.2) is 14.6 Å². The van der Waals surface area contributed by atoms with Gasteiger partial charge in [0.05, 0.1) is 16.3 Å². The van der Waals surface area contributed by atoms with Gasteiger partial charge in [0.1, 0.15) is 23.7 Å². The van der Waals surface area contributed by atoms with E-state index in [4.69, 9.17) is 13.9 Å². The van der Waals surface area contributed by atoms with Crippen molar-refractivity contribution in [2.24, 2.45) is 0 Å². The normalized spacial score (nSPS) is 12.7. The largest absolute Gasteiger partial charge is 0.487 e. The Morgan fingerprint density at radius 1 is 1.13 bits per heavy atom. The van der Waals surface area contributed by atoms with Gasteiger partial charge in [-0.1, -0.05) is 6.07 Å². The summed E-state index contributed by atoms with van der Waals surface area (Å²) >= 11 is 1.56. The number of aryl methyl sites for hydroxylation is 2. The summed E-state index contributed by atoms with van der Waals surface area (Å²) in [4.78, 5) is 29.2. The number of fused-ring (bicyclic) bond motifs is 3. The van der Waals surface area contributed by atoms with Crippen LogP contribution in [-0.2, 0) is 19.4 Å². The van der Waals surface area contributed by atoms with Crippen molar-refractivity contribution in [3.63, 3.8) is 0 Å². The van der Waals surface area contributed by atoms with Gasteiger partial charge in [0.15, 0.2) is 0 Å². The van der Waals surface area contributed by atoms with Gasteiger partial charge in [-0.2, -0.15) is 0 Å². The van der Waals surface area contributed by atoms with E-state index in [1.807, 2.05) is 18.4 Å². The number of nitrogens with zero attached hydrogens (tertiary/aromatic N) is 1. The Hall–Kier alpha value is -3.45. The first-order valence-electron chi connectivity index (χ1n) is 10.0. The maximum atomic E-state index is 12.7. The zero-order valence-electron chi connectivity index (χ0n) is 16.8. The molecule has 156 valence electrons. The van der Waals surface area contributed by atoms with Gasteiger partial charge in [-0.15, -0.1) is 11.3 Å². The Morgan fingerprint density at radius 3 is 2.84 bits per heavy atom. The van der Waals surface area contributed by atoms with Crippen LogP contribution in [0, 0.1) is 6.92 Å². The minimum atomic E-state index is -0.516. The SMILES string of the molecule is Cc1nc(COc2cccc(C(=O)Oc3ccc4c5c(c(=O)oc4c3)CCC5)c2)cs1. The lowest BCUT2D eigenvalue weighted by Gasteiger charge is -2.09. The highest BCUT2D eigenvalue weighted by Gasteiger charge is 2.20. The van der Waals surface area contributed by atoms with E-state index in [9.17, 15) is 9.59 Å². The Labute approximate surface area is 182 Å². The predicted molar refractivity (Wildman–Crippen MR) is 117 cm³/mol. The van der Waals surface area contributed by atoms with Crippen LogP contribution in [0.25, 0.3) is 11.0 Å². The van der Waals surface area contributed by atoms with E-state index in [0.29, 0.717) is 29.3 Å². The standard InChI is InChI=1S/C24H19NO5S/c1-14-25-16(13-31-14)12-28-17-5-2-4-15(10-17)23(26)29-18-8-9-20-19-6-3-7-21(19)24(27)30-22(20)11-18/h2,4-5,8-11,13H,3,6-7,12H2,1H3. The number of ether oxygens (including phenoxy) is 2. The molecule has 7 heteroatoms. The van der Waals surface area contributed by atoms with E-state index in [0.717, 1.165) is 46.5 Å². The minimum absolute atomic E-state index is 0.302. The topological polar surface area (TPSA) is 78.6 Å². The first-order valence-corrected chi connectivity index (χ1v) is 10.9. The second kappa shape index (κ2) is 8.00. The first-order chi connectivity index (χ1) is 15.1. The average molecular weight is 433 g/mol. The average Bonchev–Trinajstić information content (AvgIpc) is 3.42. The number of benzene rings is 2. The summed E-state index contributed by atoms with van der Waals surface area (Å²) in [6, 6.07) is 12.0. The highest BCUT2D eigenvalue weighted by molar-refractivity contribution is 7.09. The summed E-state index contributed by atoms with van der Waals surface area (Å²) in [6.45, 7) is 2.27. The second-order valence-corrected chi connectivity index (χ2v) is 8.48. The van der Waals surface area contributed by atoms with Crippen LogP contribution in [0.3, 0.4) is 0 Å². The molecule has 0 saturated carbocycles. The molecule has 4 aromatic rings. The number of rotatable bonds is 5. The van der Waals surface area contributed by atoms with Crippen LogP contribution in [-0.4, -0.2) is 11.0 Å². The quantitative estimate of drug-likeness (QED) is 0.254. The van der Waals surface area contributed by atoms with Crippen molar-refractivity contribution in [2.45, 2.75) is 32.8 Å². The molecule has 5 rings (SSSR count). The van der Waals surface area contributed by atoms with E-state index in [-0.39, 0.29) is 5.63 Å². The van der Waals surface area contributed by atoms with Gasteiger partial charge >= 0.3 is 11.6 Å². The van der Waals surface area contributed by atoms with Crippen molar-refractivity contribution in [2.75, 3.05) is 0 Å². The number of esters is 1. The molecule has 6 nitrogen and oxygen atoms in total. The van der Waals surface area contributed by atoms with E-state index in [2.05, 4.69) is 4.98 Å². The fourth-order valence-corrected chi connectivity index (χ4v) is 4.44. The molecule has 2 heterocycles.